The molecule has 0 radical (unpaired) electrons. The molecule has 1 heterocycles. The smallest absolute Gasteiger partial charge is 0.381 e. The molecule has 0 saturated carbocycles. The van der Waals surface area contributed by atoms with Crippen LogP contribution in [-0.2, 0) is 22.3 Å². The van der Waals surface area contributed by atoms with Crippen LogP contribution < -0.4 is 5.73 Å². The maximum Gasteiger partial charge on any atom is 0.416 e. The first-order valence-corrected chi connectivity index (χ1v) is 7.54. The van der Waals surface area contributed by atoms with Gasteiger partial charge in [0.1, 0.15) is 0 Å². The van der Waals surface area contributed by atoms with E-state index in [9.17, 15) is 18.0 Å². The monoisotopic (exact) mass is 330 g/mol. The zero-order valence-electron chi connectivity index (χ0n) is 13.0. The van der Waals surface area contributed by atoms with E-state index >= 15 is 0 Å². The lowest BCUT2D eigenvalue weighted by atomic mass is 9.91. The Morgan fingerprint density at radius 1 is 1.35 bits per heavy atom. The van der Waals surface area contributed by atoms with E-state index in [1.807, 2.05) is 0 Å². The maximum atomic E-state index is 13.0. The normalized spacial score (nSPS) is 17.8. The molecule has 23 heavy (non-hydrogen) atoms. The number of hydrogen-bond acceptors (Lipinski definition) is 3. The molecule has 1 fully saturated rings. The zero-order chi connectivity index (χ0) is 17.0. The number of amides is 1. The second-order valence-corrected chi connectivity index (χ2v) is 5.82. The summed E-state index contributed by atoms with van der Waals surface area (Å²) in [5, 5.41) is 0. The summed E-state index contributed by atoms with van der Waals surface area (Å²) >= 11 is 0. The van der Waals surface area contributed by atoms with Crippen molar-refractivity contribution in [2.24, 2.45) is 11.7 Å². The van der Waals surface area contributed by atoms with Crippen LogP contribution in [0.3, 0.4) is 0 Å². The summed E-state index contributed by atoms with van der Waals surface area (Å²) in [6.45, 7) is 1.00. The Morgan fingerprint density at radius 3 is 2.57 bits per heavy atom. The molecule has 1 amide bonds. The van der Waals surface area contributed by atoms with Gasteiger partial charge in [-0.05, 0) is 30.4 Å². The Bertz CT molecular complexity index is 542. The van der Waals surface area contributed by atoms with Gasteiger partial charge in [-0.2, -0.15) is 13.2 Å². The van der Waals surface area contributed by atoms with Gasteiger partial charge in [-0.25, -0.2) is 0 Å². The first-order valence-electron chi connectivity index (χ1n) is 7.54. The van der Waals surface area contributed by atoms with E-state index in [0.29, 0.717) is 26.1 Å². The van der Waals surface area contributed by atoms with Crippen molar-refractivity contribution in [3.63, 3.8) is 0 Å². The summed E-state index contributed by atoms with van der Waals surface area (Å²) in [5.41, 5.74) is 5.34. The molecule has 2 rings (SSSR count). The van der Waals surface area contributed by atoms with E-state index in [1.54, 1.807) is 0 Å². The SMILES string of the molecule is CN(Cc1ccccc1C(F)(F)F)C(=O)C(N)C1CCOCC1. The topological polar surface area (TPSA) is 55.6 Å². The molecule has 1 aliphatic heterocycles. The Hall–Kier alpha value is -1.60. The van der Waals surface area contributed by atoms with Gasteiger partial charge < -0.3 is 15.4 Å². The van der Waals surface area contributed by atoms with Crippen LogP contribution in [0.1, 0.15) is 24.0 Å². The van der Waals surface area contributed by atoms with Gasteiger partial charge in [-0.15, -0.1) is 0 Å². The quantitative estimate of drug-likeness (QED) is 0.922. The van der Waals surface area contributed by atoms with Gasteiger partial charge >= 0.3 is 6.18 Å². The molecule has 0 spiro atoms. The van der Waals surface area contributed by atoms with Gasteiger partial charge in [0.05, 0.1) is 11.6 Å². The van der Waals surface area contributed by atoms with Crippen LogP contribution in [0.2, 0.25) is 0 Å². The first-order chi connectivity index (χ1) is 10.8. The minimum Gasteiger partial charge on any atom is -0.381 e. The number of hydrogen-bond donors (Lipinski definition) is 1. The van der Waals surface area contributed by atoms with Gasteiger partial charge in [0, 0.05) is 26.8 Å². The largest absolute Gasteiger partial charge is 0.416 e. The van der Waals surface area contributed by atoms with Gasteiger partial charge in [0.2, 0.25) is 5.91 Å². The van der Waals surface area contributed by atoms with Crippen LogP contribution in [0.5, 0.6) is 0 Å². The number of alkyl halides is 3. The van der Waals surface area contributed by atoms with E-state index in [1.165, 1.54) is 30.1 Å². The van der Waals surface area contributed by atoms with Crippen molar-refractivity contribution in [1.82, 2.24) is 4.90 Å². The number of nitrogens with zero attached hydrogens (tertiary/aromatic N) is 1. The summed E-state index contributed by atoms with van der Waals surface area (Å²) in [6.07, 6.45) is -3.05. The average Bonchev–Trinajstić information content (AvgIpc) is 2.53. The van der Waals surface area contributed by atoms with Crippen molar-refractivity contribution in [3.05, 3.63) is 35.4 Å². The van der Waals surface area contributed by atoms with E-state index < -0.39 is 17.8 Å². The predicted octanol–water partition coefficient (Wildman–Crippen LogP) is 2.42. The average molecular weight is 330 g/mol. The molecule has 1 aromatic carbocycles. The number of rotatable bonds is 4. The second kappa shape index (κ2) is 7.31. The van der Waals surface area contributed by atoms with E-state index in [-0.39, 0.29) is 23.9 Å². The highest BCUT2D eigenvalue weighted by molar-refractivity contribution is 5.81. The van der Waals surface area contributed by atoms with E-state index in [4.69, 9.17) is 10.5 Å². The van der Waals surface area contributed by atoms with Gasteiger partial charge in [0.15, 0.2) is 0 Å². The molecule has 4 nitrogen and oxygen atoms in total. The molecule has 1 aliphatic rings. The Kier molecular flexibility index (Phi) is 5.64. The van der Waals surface area contributed by atoms with Crippen LogP contribution in [0.25, 0.3) is 0 Å². The molecule has 1 aromatic rings. The Morgan fingerprint density at radius 2 is 1.96 bits per heavy atom. The molecule has 0 aliphatic carbocycles. The number of likely N-dealkylation sites (N-methyl/N-ethyl adjacent to an activating group) is 1. The number of halogens is 3. The van der Waals surface area contributed by atoms with Gasteiger partial charge in [-0.1, -0.05) is 18.2 Å². The Balaban J connectivity index is 2.06. The van der Waals surface area contributed by atoms with Crippen molar-refractivity contribution < 1.29 is 22.7 Å². The fourth-order valence-corrected chi connectivity index (χ4v) is 2.80. The highest BCUT2D eigenvalue weighted by Crippen LogP contribution is 2.32. The minimum atomic E-state index is -4.44. The van der Waals surface area contributed by atoms with Gasteiger partial charge in [-0.3, -0.25) is 4.79 Å². The highest BCUT2D eigenvalue weighted by atomic mass is 19.4. The Labute approximate surface area is 133 Å². The summed E-state index contributed by atoms with van der Waals surface area (Å²) in [4.78, 5) is 13.7. The fraction of sp³-hybridized carbons (Fsp3) is 0.562. The van der Waals surface area contributed by atoms with Crippen molar-refractivity contribution >= 4 is 5.91 Å². The molecule has 1 atom stereocenters. The predicted molar refractivity (Wildman–Crippen MR) is 79.4 cm³/mol. The van der Waals surface area contributed by atoms with Gasteiger partial charge in [0.25, 0.3) is 0 Å². The van der Waals surface area contributed by atoms with Crippen LogP contribution in [0.15, 0.2) is 24.3 Å². The third kappa shape index (κ3) is 4.45. The summed E-state index contributed by atoms with van der Waals surface area (Å²) < 4.78 is 44.3. The molecular weight excluding hydrogens is 309 g/mol. The summed E-state index contributed by atoms with van der Waals surface area (Å²) in [7, 11) is 1.48. The third-order valence-electron chi connectivity index (χ3n) is 4.17. The second-order valence-electron chi connectivity index (χ2n) is 5.82. The van der Waals surface area contributed by atoms with E-state index in [0.717, 1.165) is 6.07 Å². The lowest BCUT2D eigenvalue weighted by Crippen LogP contribution is -2.47. The molecule has 2 N–H and O–H groups in total. The van der Waals surface area contributed by atoms with Crippen LogP contribution in [-0.4, -0.2) is 37.1 Å². The number of benzene rings is 1. The van der Waals surface area contributed by atoms with Crippen molar-refractivity contribution in [3.8, 4) is 0 Å². The zero-order valence-corrected chi connectivity index (χ0v) is 13.0. The maximum absolute atomic E-state index is 13.0. The highest BCUT2D eigenvalue weighted by Gasteiger charge is 2.34. The summed E-state index contributed by atoms with van der Waals surface area (Å²) in [6, 6.07) is 4.56. The number of ether oxygens (including phenoxy) is 1. The molecule has 0 bridgehead atoms. The van der Waals surface area contributed by atoms with Crippen LogP contribution in [0.4, 0.5) is 13.2 Å². The van der Waals surface area contributed by atoms with E-state index in [2.05, 4.69) is 0 Å². The molecule has 0 aromatic heterocycles. The fourth-order valence-electron chi connectivity index (χ4n) is 2.80. The summed E-state index contributed by atoms with van der Waals surface area (Å²) in [5.74, 6) is -0.328. The van der Waals surface area contributed by atoms with Crippen molar-refractivity contribution in [2.45, 2.75) is 31.6 Å². The minimum absolute atomic E-state index is 0.0107. The van der Waals surface area contributed by atoms with Crippen LogP contribution in [0, 0.1) is 5.92 Å². The number of carbonyl (C=O) groups is 1. The molecular formula is C16H21F3N2O2. The molecule has 1 unspecified atom stereocenters. The standard InChI is InChI=1S/C16H21F3N2O2/c1-21(15(22)14(20)11-6-8-23-9-7-11)10-12-4-2-3-5-13(12)16(17,18)19/h2-5,11,14H,6-10,20H2,1H3. The van der Waals surface area contributed by atoms with Crippen molar-refractivity contribution in [1.29, 1.82) is 0 Å². The lowest BCUT2D eigenvalue weighted by molar-refractivity contribution is -0.140. The number of nitrogens with two attached hydrogens (primary N) is 1. The number of carbonyl (C=O) groups excluding carboxylic acids is 1. The lowest BCUT2D eigenvalue weighted by Gasteiger charge is -2.30. The molecule has 128 valence electrons. The molecule has 1 saturated heterocycles. The third-order valence-corrected chi connectivity index (χ3v) is 4.17. The first kappa shape index (κ1) is 17.7. The van der Waals surface area contributed by atoms with Crippen molar-refractivity contribution in [2.75, 3.05) is 20.3 Å². The molecule has 7 heteroatoms. The van der Waals surface area contributed by atoms with Crippen LogP contribution >= 0.6 is 0 Å².